The van der Waals surface area contributed by atoms with E-state index in [1.807, 2.05) is 84.9 Å². The van der Waals surface area contributed by atoms with Gasteiger partial charge in [0.05, 0.1) is 4.11 Å². The molecule has 0 spiro atoms. The van der Waals surface area contributed by atoms with Crippen LogP contribution in [0.1, 0.15) is 4.11 Å². The van der Waals surface area contributed by atoms with E-state index in [1.165, 1.54) is 0 Å². The summed E-state index contributed by atoms with van der Waals surface area (Å²) in [5, 5.41) is 8.29. The van der Waals surface area contributed by atoms with Gasteiger partial charge in [-0.15, -0.1) is 0 Å². The van der Waals surface area contributed by atoms with Gasteiger partial charge in [0.1, 0.15) is 11.2 Å². The third kappa shape index (κ3) is 4.40. The standard InChI is InChI=1S/C48H30O/c1-3-14-31(15-4-1)36-27-26-35(29-42(36)32-16-5-2-6-17-32)46-37-20-9-11-22-39(37)47(40-23-12-10-21-38(40)46)41-24-13-25-44-48(41)43-28-33-18-7-8-19-34(33)30-45(43)49-44/h1-30H/i26D,27D,29D. The molecule has 1 nitrogen and oxygen atoms in total. The molecule has 0 atom stereocenters. The van der Waals surface area contributed by atoms with Gasteiger partial charge in [-0.3, -0.25) is 0 Å². The second-order valence-electron chi connectivity index (χ2n) is 12.5. The molecule has 0 unspecified atom stereocenters. The number of furan rings is 1. The van der Waals surface area contributed by atoms with Crippen molar-refractivity contribution in [1.29, 1.82) is 0 Å². The molecule has 0 fully saturated rings. The Hall–Kier alpha value is -6.44. The lowest BCUT2D eigenvalue weighted by molar-refractivity contribution is 0.669. The Morgan fingerprint density at radius 2 is 0.918 bits per heavy atom. The van der Waals surface area contributed by atoms with Crippen LogP contribution in [-0.2, 0) is 0 Å². The predicted octanol–water partition coefficient (Wildman–Crippen LogP) is 13.7. The molecular formula is C48H30O. The molecule has 1 heterocycles. The Morgan fingerprint density at radius 1 is 0.367 bits per heavy atom. The van der Waals surface area contributed by atoms with Crippen LogP contribution in [0.15, 0.2) is 186 Å². The molecule has 0 aliphatic carbocycles. The monoisotopic (exact) mass is 625 g/mol. The van der Waals surface area contributed by atoms with E-state index < -0.39 is 0 Å². The molecule has 0 N–H and O–H groups in total. The Balaban J connectivity index is 1.34. The number of hydrogen-bond donors (Lipinski definition) is 0. The van der Waals surface area contributed by atoms with E-state index in [1.54, 1.807) is 0 Å². The summed E-state index contributed by atoms with van der Waals surface area (Å²) in [6.07, 6.45) is 0. The molecule has 0 aliphatic rings. The van der Waals surface area contributed by atoms with E-state index >= 15 is 0 Å². The lowest BCUT2D eigenvalue weighted by atomic mass is 9.83. The van der Waals surface area contributed by atoms with Crippen LogP contribution in [0.25, 0.3) is 98.8 Å². The summed E-state index contributed by atoms with van der Waals surface area (Å²) in [6.45, 7) is 0. The third-order valence-corrected chi connectivity index (χ3v) is 9.75. The van der Waals surface area contributed by atoms with Crippen LogP contribution in [0.2, 0.25) is 0 Å². The molecule has 1 heteroatoms. The lowest BCUT2D eigenvalue weighted by Crippen LogP contribution is -1.93. The van der Waals surface area contributed by atoms with Crippen LogP contribution < -0.4 is 0 Å². The van der Waals surface area contributed by atoms with E-state index in [0.717, 1.165) is 82.1 Å². The van der Waals surface area contributed by atoms with Crippen molar-refractivity contribution in [1.82, 2.24) is 0 Å². The largest absolute Gasteiger partial charge is 0.456 e. The van der Waals surface area contributed by atoms with E-state index in [0.29, 0.717) is 16.7 Å². The zero-order chi connectivity index (χ0) is 34.9. The molecule has 10 aromatic rings. The average Bonchev–Trinajstić information content (AvgIpc) is 3.56. The number of hydrogen-bond acceptors (Lipinski definition) is 1. The van der Waals surface area contributed by atoms with Crippen molar-refractivity contribution in [2.45, 2.75) is 0 Å². The van der Waals surface area contributed by atoms with Crippen LogP contribution >= 0.6 is 0 Å². The summed E-state index contributed by atoms with van der Waals surface area (Å²) in [4.78, 5) is 0. The maximum Gasteiger partial charge on any atom is 0.136 e. The van der Waals surface area contributed by atoms with E-state index in [2.05, 4.69) is 78.9 Å². The average molecular weight is 626 g/mol. The van der Waals surface area contributed by atoms with E-state index in [9.17, 15) is 4.11 Å². The second kappa shape index (κ2) is 11.1. The quantitative estimate of drug-likeness (QED) is 0.177. The minimum Gasteiger partial charge on any atom is -0.456 e. The van der Waals surface area contributed by atoms with Crippen molar-refractivity contribution in [3.05, 3.63) is 182 Å². The molecule has 0 amide bonds. The van der Waals surface area contributed by atoms with Gasteiger partial charge in [-0.05, 0) is 101 Å². The van der Waals surface area contributed by atoms with Crippen molar-refractivity contribution in [3.63, 3.8) is 0 Å². The van der Waals surface area contributed by atoms with Crippen molar-refractivity contribution >= 4 is 54.3 Å². The molecule has 49 heavy (non-hydrogen) atoms. The molecule has 1 aromatic heterocycles. The normalized spacial score (nSPS) is 12.5. The van der Waals surface area contributed by atoms with E-state index in [4.69, 9.17) is 4.42 Å². The Morgan fingerprint density at radius 3 is 1.57 bits per heavy atom. The van der Waals surface area contributed by atoms with Crippen molar-refractivity contribution < 1.29 is 8.53 Å². The second-order valence-corrected chi connectivity index (χ2v) is 12.5. The summed E-state index contributed by atoms with van der Waals surface area (Å²) >= 11 is 0. The van der Waals surface area contributed by atoms with Gasteiger partial charge >= 0.3 is 0 Å². The first-order valence-corrected chi connectivity index (χ1v) is 16.6. The fourth-order valence-electron chi connectivity index (χ4n) is 7.58. The van der Waals surface area contributed by atoms with Gasteiger partial charge in [0.2, 0.25) is 0 Å². The molecule has 10 rings (SSSR count). The van der Waals surface area contributed by atoms with Crippen LogP contribution in [0, 0.1) is 0 Å². The summed E-state index contributed by atoms with van der Waals surface area (Å²) in [5.74, 6) is 0. The Labute approximate surface area is 288 Å². The van der Waals surface area contributed by atoms with Crippen molar-refractivity contribution in [3.8, 4) is 44.5 Å². The minimum atomic E-state index is 0.0430. The molecule has 228 valence electrons. The summed E-state index contributed by atoms with van der Waals surface area (Å²) in [5.41, 5.74) is 7.98. The summed E-state index contributed by atoms with van der Waals surface area (Å²) in [7, 11) is 0. The first-order valence-electron chi connectivity index (χ1n) is 18.1. The number of rotatable bonds is 4. The minimum absolute atomic E-state index is 0.0430. The van der Waals surface area contributed by atoms with Gasteiger partial charge in [0.15, 0.2) is 0 Å². The lowest BCUT2D eigenvalue weighted by Gasteiger charge is -2.19. The Bertz CT molecular complexity index is 2980. The SMILES string of the molecule is [2H]c1c([2H])c(-c2ccccc2)c(-c2ccccc2)c([2H])c1-c1c2ccccc2c(-c2cccc3oc4cc5ccccc5cc4c23)c2ccccc12. The number of benzene rings is 9. The predicted molar refractivity (Wildman–Crippen MR) is 208 cm³/mol. The van der Waals surface area contributed by atoms with Gasteiger partial charge in [-0.1, -0.05) is 158 Å². The molecule has 0 saturated carbocycles. The van der Waals surface area contributed by atoms with Gasteiger partial charge in [0.25, 0.3) is 0 Å². The topological polar surface area (TPSA) is 13.1 Å². The molecule has 0 aliphatic heterocycles. The van der Waals surface area contributed by atoms with Crippen LogP contribution in [0.4, 0.5) is 0 Å². The maximum atomic E-state index is 9.95. The van der Waals surface area contributed by atoms with Crippen molar-refractivity contribution in [2.24, 2.45) is 0 Å². The van der Waals surface area contributed by atoms with Gasteiger partial charge < -0.3 is 4.42 Å². The molecule has 0 saturated heterocycles. The van der Waals surface area contributed by atoms with Gasteiger partial charge in [0, 0.05) is 10.8 Å². The molecule has 0 bridgehead atoms. The smallest absolute Gasteiger partial charge is 0.136 e. The zero-order valence-corrected chi connectivity index (χ0v) is 26.5. The molecule has 9 aromatic carbocycles. The first-order chi connectivity index (χ1) is 25.6. The highest BCUT2D eigenvalue weighted by atomic mass is 16.3. The molecule has 0 radical (unpaired) electrons. The highest BCUT2D eigenvalue weighted by Crippen LogP contribution is 2.48. The van der Waals surface area contributed by atoms with Crippen LogP contribution in [-0.4, -0.2) is 0 Å². The van der Waals surface area contributed by atoms with Crippen LogP contribution in [0.3, 0.4) is 0 Å². The van der Waals surface area contributed by atoms with Gasteiger partial charge in [-0.2, -0.15) is 0 Å². The highest BCUT2D eigenvalue weighted by Gasteiger charge is 2.21. The van der Waals surface area contributed by atoms with Crippen LogP contribution in [0.5, 0.6) is 0 Å². The van der Waals surface area contributed by atoms with E-state index in [-0.39, 0.29) is 18.1 Å². The zero-order valence-electron chi connectivity index (χ0n) is 29.5. The highest BCUT2D eigenvalue weighted by molar-refractivity contribution is 6.26. The first kappa shape index (κ1) is 24.7. The summed E-state index contributed by atoms with van der Waals surface area (Å²) < 4.78 is 35.6. The fraction of sp³-hybridized carbons (Fsp3) is 0. The summed E-state index contributed by atoms with van der Waals surface area (Å²) in [6, 6.07) is 55.6. The number of fused-ring (bicyclic) bond motifs is 6. The third-order valence-electron chi connectivity index (χ3n) is 9.75. The van der Waals surface area contributed by atoms with Gasteiger partial charge in [-0.25, -0.2) is 0 Å². The molecular weight excluding hydrogens is 593 g/mol. The van der Waals surface area contributed by atoms with Crippen molar-refractivity contribution in [2.75, 3.05) is 0 Å². The fourth-order valence-corrected chi connectivity index (χ4v) is 7.58. The Kier molecular flexibility index (Phi) is 5.58. The maximum absolute atomic E-state index is 9.95.